The number of thiophene rings is 1. The summed E-state index contributed by atoms with van der Waals surface area (Å²) in [6.07, 6.45) is 7.77. The van der Waals surface area contributed by atoms with Crippen molar-refractivity contribution < 1.29 is 18.4 Å². The van der Waals surface area contributed by atoms with Crippen LogP contribution >= 0.6 is 22.9 Å². The molecular formula is C34H37BClFO3S. The molecule has 2 fully saturated rings. The van der Waals surface area contributed by atoms with E-state index in [-0.39, 0.29) is 23.8 Å². The first kappa shape index (κ1) is 27.7. The summed E-state index contributed by atoms with van der Waals surface area (Å²) in [5.41, 5.74) is 3.37. The molecule has 1 saturated carbocycles. The smallest absolute Gasteiger partial charge is 0.484 e. The topological polar surface area (TPSA) is 27.7 Å². The minimum absolute atomic E-state index is 0.130. The third-order valence-corrected chi connectivity index (χ3v) is 11.8. The Morgan fingerprint density at radius 1 is 0.951 bits per heavy atom. The highest BCUT2D eigenvalue weighted by molar-refractivity contribution is 7.12. The second-order valence-electron chi connectivity index (χ2n) is 13.3. The summed E-state index contributed by atoms with van der Waals surface area (Å²) in [6, 6.07) is 14.2. The minimum Gasteiger partial charge on any atom is -0.484 e. The zero-order valence-corrected chi connectivity index (χ0v) is 26.0. The van der Waals surface area contributed by atoms with E-state index in [0.29, 0.717) is 34.1 Å². The first-order chi connectivity index (χ1) is 19.5. The number of hydrogen-bond acceptors (Lipinski definition) is 4. The van der Waals surface area contributed by atoms with Gasteiger partial charge in [0.2, 0.25) is 0 Å². The highest BCUT2D eigenvalue weighted by atomic mass is 35.5. The quantitative estimate of drug-likeness (QED) is 0.285. The molecule has 0 amide bonds. The van der Waals surface area contributed by atoms with Gasteiger partial charge in [-0.3, -0.25) is 0 Å². The SMILES string of the molecule is CC1c2ccc(Cl)cc2C=C2CC1C(c1ccc(C3CCCC3)s1)Oc1cc(B3OC(C)(C)C(C)(C)O3)cc(F)c12. The van der Waals surface area contributed by atoms with Gasteiger partial charge in [0.1, 0.15) is 17.7 Å². The Morgan fingerprint density at radius 2 is 1.66 bits per heavy atom. The predicted molar refractivity (Wildman–Crippen MR) is 167 cm³/mol. The lowest BCUT2D eigenvalue weighted by Crippen LogP contribution is -2.41. The Labute approximate surface area is 252 Å². The van der Waals surface area contributed by atoms with E-state index < -0.39 is 18.3 Å². The summed E-state index contributed by atoms with van der Waals surface area (Å²) < 4.78 is 35.9. The first-order valence-electron chi connectivity index (χ1n) is 15.0. The second kappa shape index (κ2) is 9.97. The number of benzene rings is 2. The van der Waals surface area contributed by atoms with Crippen molar-refractivity contribution in [1.29, 1.82) is 0 Å². The molecule has 2 bridgehead atoms. The average molecular weight is 591 g/mol. The fourth-order valence-electron chi connectivity index (χ4n) is 7.10. The van der Waals surface area contributed by atoms with Crippen molar-refractivity contribution in [1.82, 2.24) is 0 Å². The van der Waals surface area contributed by atoms with E-state index in [4.69, 9.17) is 25.6 Å². The van der Waals surface area contributed by atoms with Gasteiger partial charge < -0.3 is 14.0 Å². The zero-order valence-electron chi connectivity index (χ0n) is 24.4. The van der Waals surface area contributed by atoms with Crippen molar-refractivity contribution >= 4 is 47.2 Å². The summed E-state index contributed by atoms with van der Waals surface area (Å²) in [5, 5.41) is 0.686. The maximum Gasteiger partial charge on any atom is 0.495 e. The van der Waals surface area contributed by atoms with Gasteiger partial charge in [-0.1, -0.05) is 43.5 Å². The summed E-state index contributed by atoms with van der Waals surface area (Å²) in [7, 11) is -0.671. The van der Waals surface area contributed by atoms with Crippen LogP contribution in [0.3, 0.4) is 0 Å². The van der Waals surface area contributed by atoms with Crippen LogP contribution in [-0.2, 0) is 9.31 Å². The number of ether oxygens (including phenoxy) is 1. The Morgan fingerprint density at radius 3 is 2.39 bits per heavy atom. The summed E-state index contributed by atoms with van der Waals surface area (Å²) >= 11 is 8.34. The van der Waals surface area contributed by atoms with Crippen LogP contribution in [0.5, 0.6) is 5.75 Å². The van der Waals surface area contributed by atoms with Gasteiger partial charge in [-0.05, 0) is 117 Å². The molecular weight excluding hydrogens is 554 g/mol. The Balaban J connectivity index is 1.37. The number of halogens is 2. The van der Waals surface area contributed by atoms with E-state index >= 15 is 4.39 Å². The molecule has 3 aromatic rings. The van der Waals surface area contributed by atoms with Crippen LogP contribution in [-0.4, -0.2) is 18.3 Å². The molecule has 0 radical (unpaired) electrons. The van der Waals surface area contributed by atoms with Crippen LogP contribution in [0.15, 0.2) is 42.5 Å². The van der Waals surface area contributed by atoms with Crippen LogP contribution in [0, 0.1) is 11.7 Å². The number of hydrogen-bond donors (Lipinski definition) is 0. The molecule has 214 valence electrons. The van der Waals surface area contributed by atoms with Crippen LogP contribution in [0.1, 0.15) is 111 Å². The molecule has 4 aliphatic rings. The van der Waals surface area contributed by atoms with Gasteiger partial charge in [0.15, 0.2) is 0 Å². The number of fused-ring (bicyclic) bond motifs is 5. The van der Waals surface area contributed by atoms with Gasteiger partial charge in [-0.25, -0.2) is 4.39 Å². The monoisotopic (exact) mass is 590 g/mol. The zero-order chi connectivity index (χ0) is 28.7. The van der Waals surface area contributed by atoms with Gasteiger partial charge >= 0.3 is 7.12 Å². The molecule has 2 aliphatic heterocycles. The van der Waals surface area contributed by atoms with Gasteiger partial charge in [0.25, 0.3) is 0 Å². The van der Waals surface area contributed by atoms with Crippen LogP contribution in [0.4, 0.5) is 4.39 Å². The average Bonchev–Trinajstić information content (AvgIpc) is 3.61. The summed E-state index contributed by atoms with van der Waals surface area (Å²) in [4.78, 5) is 2.67. The largest absolute Gasteiger partial charge is 0.495 e. The highest BCUT2D eigenvalue weighted by Crippen LogP contribution is 2.53. The molecule has 3 heterocycles. The van der Waals surface area contributed by atoms with E-state index in [1.165, 1.54) is 41.0 Å². The van der Waals surface area contributed by atoms with Crippen molar-refractivity contribution in [3.8, 4) is 5.75 Å². The molecule has 1 saturated heterocycles. The van der Waals surface area contributed by atoms with Crippen molar-refractivity contribution in [2.45, 2.75) is 95.9 Å². The predicted octanol–water partition coefficient (Wildman–Crippen LogP) is 9.30. The third kappa shape index (κ3) is 4.70. The van der Waals surface area contributed by atoms with Crippen LogP contribution in [0.2, 0.25) is 5.02 Å². The number of allylic oxidation sites excluding steroid dienone is 1. The Bertz CT molecular complexity index is 1520. The van der Waals surface area contributed by atoms with E-state index in [1.54, 1.807) is 6.07 Å². The van der Waals surface area contributed by atoms with Crippen molar-refractivity contribution in [3.05, 3.63) is 79.7 Å². The standard InChI is InChI=1S/C34H37BClFO3S/c1-19-25-11-10-24(36)15-21(25)14-22-16-26(19)32(30-13-12-29(41-30)20-8-6-7-9-20)38-28-18-23(17-27(37)31(22)28)35-39-33(2,3)34(4,5)40-35/h10-15,17-20,26,32H,6-9,16H2,1-5H3. The van der Waals surface area contributed by atoms with Gasteiger partial charge in [0.05, 0.1) is 16.8 Å². The number of rotatable bonds is 3. The molecule has 7 rings (SSSR count). The highest BCUT2D eigenvalue weighted by Gasteiger charge is 2.52. The molecule has 3 nitrogen and oxygen atoms in total. The fourth-order valence-corrected chi connectivity index (χ4v) is 8.57. The molecule has 0 N–H and O–H groups in total. The normalized spacial score (nSPS) is 26.6. The summed E-state index contributed by atoms with van der Waals surface area (Å²) in [6.45, 7) is 10.3. The molecule has 3 unspecified atom stereocenters. The van der Waals surface area contributed by atoms with E-state index in [9.17, 15) is 0 Å². The van der Waals surface area contributed by atoms with Gasteiger partial charge in [-0.2, -0.15) is 0 Å². The first-order valence-corrected chi connectivity index (χ1v) is 16.2. The van der Waals surface area contributed by atoms with Gasteiger partial charge in [-0.15, -0.1) is 11.3 Å². The fraction of sp³-hybridized carbons (Fsp3) is 0.471. The molecule has 2 aromatic carbocycles. The lowest BCUT2D eigenvalue weighted by atomic mass is 9.77. The molecule has 2 aliphatic carbocycles. The van der Waals surface area contributed by atoms with Crippen molar-refractivity contribution in [2.75, 3.05) is 0 Å². The minimum atomic E-state index is -0.671. The lowest BCUT2D eigenvalue weighted by molar-refractivity contribution is 0.00578. The molecule has 0 spiro atoms. The van der Waals surface area contributed by atoms with Gasteiger partial charge in [0, 0.05) is 20.7 Å². The molecule has 3 atom stereocenters. The molecule has 1 aromatic heterocycles. The van der Waals surface area contributed by atoms with Crippen molar-refractivity contribution in [2.24, 2.45) is 5.92 Å². The van der Waals surface area contributed by atoms with E-state index in [2.05, 4.69) is 31.2 Å². The van der Waals surface area contributed by atoms with E-state index in [1.807, 2.05) is 57.2 Å². The second-order valence-corrected chi connectivity index (χ2v) is 14.9. The Hall–Kier alpha value is -2.12. The maximum absolute atomic E-state index is 16.3. The molecule has 41 heavy (non-hydrogen) atoms. The van der Waals surface area contributed by atoms with E-state index in [0.717, 1.165) is 11.1 Å². The maximum atomic E-state index is 16.3. The Kier molecular flexibility index (Phi) is 6.74. The lowest BCUT2D eigenvalue weighted by Gasteiger charge is -2.32. The van der Waals surface area contributed by atoms with Crippen LogP contribution in [0.25, 0.3) is 11.6 Å². The summed E-state index contributed by atoms with van der Waals surface area (Å²) in [5.74, 6) is 1.21. The molecule has 7 heteroatoms. The van der Waals surface area contributed by atoms with Crippen molar-refractivity contribution in [3.63, 3.8) is 0 Å². The third-order valence-electron chi connectivity index (χ3n) is 10.2. The van der Waals surface area contributed by atoms with Crippen LogP contribution < -0.4 is 10.2 Å².